The number of carbonyl (C=O) groups excluding carboxylic acids is 1. The number of likely N-dealkylation sites (tertiary alicyclic amines) is 1. The topological polar surface area (TPSA) is 46.1 Å². The maximum absolute atomic E-state index is 12.2. The van der Waals surface area contributed by atoms with Crippen LogP contribution in [0.1, 0.15) is 43.1 Å². The molecular weight excluding hydrogens is 250 g/mol. The normalized spacial score (nSPS) is 20.6. The van der Waals surface area contributed by atoms with Crippen molar-refractivity contribution in [2.24, 2.45) is 5.92 Å². The third-order valence-corrected chi connectivity index (χ3v) is 3.75. The molecule has 2 rings (SSSR count). The minimum Gasteiger partial charge on any atom is -0.337 e. The highest BCUT2D eigenvalue weighted by Crippen LogP contribution is 2.21. The second-order valence-electron chi connectivity index (χ2n) is 4.72. The summed E-state index contributed by atoms with van der Waals surface area (Å²) in [4.78, 5) is 22.1. The molecule has 1 amide bonds. The quantitative estimate of drug-likeness (QED) is 0.828. The average molecular weight is 268 g/mol. The fraction of sp³-hybridized carbons (Fsp3) is 0.615. The smallest absolute Gasteiger partial charge is 0.274 e. The monoisotopic (exact) mass is 267 g/mol. The Balaban J connectivity index is 2.02. The van der Waals surface area contributed by atoms with E-state index in [1.54, 1.807) is 0 Å². The fourth-order valence-corrected chi connectivity index (χ4v) is 2.46. The van der Waals surface area contributed by atoms with Crippen LogP contribution in [0.3, 0.4) is 0 Å². The van der Waals surface area contributed by atoms with Crippen molar-refractivity contribution >= 4 is 17.5 Å². The Kier molecular flexibility index (Phi) is 4.53. The van der Waals surface area contributed by atoms with E-state index < -0.39 is 0 Å². The summed E-state index contributed by atoms with van der Waals surface area (Å²) in [7, 11) is 0. The van der Waals surface area contributed by atoms with Gasteiger partial charge in [-0.25, -0.2) is 9.97 Å². The van der Waals surface area contributed by atoms with Crippen molar-refractivity contribution < 1.29 is 4.79 Å². The molecule has 0 spiro atoms. The Morgan fingerprint density at radius 3 is 2.89 bits per heavy atom. The molecule has 0 aromatic carbocycles. The Bertz CT molecular complexity index is 407. The SMILES string of the molecule is CCC1CCCN(C(=O)c2cnc(Cl)cn2)CC1. The molecule has 1 aromatic rings. The Morgan fingerprint density at radius 1 is 1.39 bits per heavy atom. The van der Waals surface area contributed by atoms with E-state index in [1.807, 2.05) is 4.90 Å². The van der Waals surface area contributed by atoms with Crippen LogP contribution in [-0.4, -0.2) is 33.9 Å². The molecule has 98 valence electrons. The van der Waals surface area contributed by atoms with Crippen molar-refractivity contribution in [3.63, 3.8) is 0 Å². The van der Waals surface area contributed by atoms with Gasteiger partial charge in [-0.3, -0.25) is 4.79 Å². The lowest BCUT2D eigenvalue weighted by Crippen LogP contribution is -2.32. The standard InChI is InChI=1S/C13H18ClN3O/c1-2-10-4-3-6-17(7-5-10)13(18)11-8-16-12(14)9-15-11/h8-10H,2-7H2,1H3. The molecule has 5 heteroatoms. The molecule has 1 aliphatic heterocycles. The van der Waals surface area contributed by atoms with Crippen LogP contribution >= 0.6 is 11.6 Å². The molecule has 4 nitrogen and oxygen atoms in total. The van der Waals surface area contributed by atoms with E-state index in [9.17, 15) is 4.79 Å². The number of aromatic nitrogens is 2. The number of rotatable bonds is 2. The summed E-state index contributed by atoms with van der Waals surface area (Å²) in [6.45, 7) is 3.86. The van der Waals surface area contributed by atoms with Crippen molar-refractivity contribution in [2.45, 2.75) is 32.6 Å². The van der Waals surface area contributed by atoms with Crippen molar-refractivity contribution in [3.05, 3.63) is 23.2 Å². The Hall–Kier alpha value is -1.16. The van der Waals surface area contributed by atoms with E-state index in [0.717, 1.165) is 31.8 Å². The van der Waals surface area contributed by atoms with Crippen LogP contribution in [0.2, 0.25) is 5.15 Å². The molecule has 1 aliphatic rings. The zero-order chi connectivity index (χ0) is 13.0. The van der Waals surface area contributed by atoms with E-state index in [-0.39, 0.29) is 5.91 Å². The number of hydrogen-bond donors (Lipinski definition) is 0. The largest absolute Gasteiger partial charge is 0.337 e. The molecule has 1 fully saturated rings. The molecule has 0 N–H and O–H groups in total. The summed E-state index contributed by atoms with van der Waals surface area (Å²) in [6.07, 6.45) is 7.44. The molecule has 0 aliphatic carbocycles. The van der Waals surface area contributed by atoms with Gasteiger partial charge in [0.1, 0.15) is 10.8 Å². The summed E-state index contributed by atoms with van der Waals surface area (Å²) in [5, 5.41) is 0.313. The van der Waals surface area contributed by atoms with E-state index in [0.29, 0.717) is 10.8 Å². The predicted octanol–water partition coefficient (Wildman–Crippen LogP) is 2.78. The molecule has 1 aromatic heterocycles. The summed E-state index contributed by atoms with van der Waals surface area (Å²) in [6, 6.07) is 0. The van der Waals surface area contributed by atoms with E-state index in [2.05, 4.69) is 16.9 Å². The highest BCUT2D eigenvalue weighted by Gasteiger charge is 2.21. The summed E-state index contributed by atoms with van der Waals surface area (Å²) < 4.78 is 0. The van der Waals surface area contributed by atoms with Crippen molar-refractivity contribution in [1.82, 2.24) is 14.9 Å². The molecule has 1 unspecified atom stereocenters. The van der Waals surface area contributed by atoms with Crippen LogP contribution in [0.4, 0.5) is 0 Å². The molecule has 18 heavy (non-hydrogen) atoms. The first-order valence-electron chi connectivity index (χ1n) is 6.47. The lowest BCUT2D eigenvalue weighted by atomic mass is 9.98. The van der Waals surface area contributed by atoms with Gasteiger partial charge >= 0.3 is 0 Å². The van der Waals surface area contributed by atoms with Gasteiger partial charge in [0.2, 0.25) is 0 Å². The van der Waals surface area contributed by atoms with E-state index in [4.69, 9.17) is 11.6 Å². The fourth-order valence-electron chi connectivity index (χ4n) is 2.36. The molecule has 0 bridgehead atoms. The third kappa shape index (κ3) is 3.19. The number of amides is 1. The van der Waals surface area contributed by atoms with Crippen LogP contribution < -0.4 is 0 Å². The Labute approximate surface area is 112 Å². The van der Waals surface area contributed by atoms with Crippen LogP contribution in [0.25, 0.3) is 0 Å². The first kappa shape index (κ1) is 13.3. The maximum atomic E-state index is 12.2. The molecule has 0 saturated carbocycles. The highest BCUT2D eigenvalue weighted by molar-refractivity contribution is 6.29. The van der Waals surface area contributed by atoms with Crippen LogP contribution in [0, 0.1) is 5.92 Å². The van der Waals surface area contributed by atoms with Gasteiger partial charge in [0.05, 0.1) is 12.4 Å². The zero-order valence-corrected chi connectivity index (χ0v) is 11.4. The van der Waals surface area contributed by atoms with Gasteiger partial charge in [0, 0.05) is 13.1 Å². The first-order chi connectivity index (χ1) is 8.70. The zero-order valence-electron chi connectivity index (χ0n) is 10.6. The predicted molar refractivity (Wildman–Crippen MR) is 70.6 cm³/mol. The first-order valence-corrected chi connectivity index (χ1v) is 6.85. The summed E-state index contributed by atoms with van der Waals surface area (Å²) in [5.74, 6) is 0.718. The molecule has 0 radical (unpaired) electrons. The minimum atomic E-state index is -0.0316. The van der Waals surface area contributed by atoms with Crippen molar-refractivity contribution in [2.75, 3.05) is 13.1 Å². The summed E-state index contributed by atoms with van der Waals surface area (Å²) in [5.41, 5.74) is 0.384. The third-order valence-electron chi connectivity index (χ3n) is 3.55. The lowest BCUT2D eigenvalue weighted by molar-refractivity contribution is 0.0753. The van der Waals surface area contributed by atoms with Gasteiger partial charge in [0.25, 0.3) is 5.91 Å². The van der Waals surface area contributed by atoms with Gasteiger partial charge in [-0.2, -0.15) is 0 Å². The molecule has 2 heterocycles. The second-order valence-corrected chi connectivity index (χ2v) is 5.11. The number of halogens is 1. The van der Waals surface area contributed by atoms with Gasteiger partial charge in [-0.1, -0.05) is 24.9 Å². The van der Waals surface area contributed by atoms with Gasteiger partial charge in [-0.05, 0) is 25.2 Å². The Morgan fingerprint density at radius 2 is 2.22 bits per heavy atom. The van der Waals surface area contributed by atoms with Gasteiger partial charge in [-0.15, -0.1) is 0 Å². The number of carbonyl (C=O) groups is 1. The molecule has 1 atom stereocenters. The van der Waals surface area contributed by atoms with Crippen LogP contribution in [-0.2, 0) is 0 Å². The second kappa shape index (κ2) is 6.14. The number of nitrogens with zero attached hydrogens (tertiary/aromatic N) is 3. The van der Waals surface area contributed by atoms with Crippen molar-refractivity contribution in [1.29, 1.82) is 0 Å². The van der Waals surface area contributed by atoms with Crippen LogP contribution in [0.5, 0.6) is 0 Å². The minimum absolute atomic E-state index is 0.0316. The van der Waals surface area contributed by atoms with Gasteiger partial charge < -0.3 is 4.90 Å². The maximum Gasteiger partial charge on any atom is 0.274 e. The van der Waals surface area contributed by atoms with Crippen molar-refractivity contribution in [3.8, 4) is 0 Å². The molecular formula is C13H18ClN3O. The van der Waals surface area contributed by atoms with Gasteiger partial charge in [0.15, 0.2) is 0 Å². The van der Waals surface area contributed by atoms with Crippen LogP contribution in [0.15, 0.2) is 12.4 Å². The number of hydrogen-bond acceptors (Lipinski definition) is 3. The van der Waals surface area contributed by atoms with E-state index >= 15 is 0 Å². The summed E-state index contributed by atoms with van der Waals surface area (Å²) >= 11 is 5.67. The average Bonchev–Trinajstić information content (AvgIpc) is 2.64. The molecule has 1 saturated heterocycles. The van der Waals surface area contributed by atoms with E-state index in [1.165, 1.54) is 25.2 Å². The lowest BCUT2D eigenvalue weighted by Gasteiger charge is -2.19. The highest BCUT2D eigenvalue weighted by atomic mass is 35.5.